The summed E-state index contributed by atoms with van der Waals surface area (Å²) in [5.41, 5.74) is -0.0909. The van der Waals surface area contributed by atoms with Gasteiger partial charge in [0.2, 0.25) is 5.91 Å². The van der Waals surface area contributed by atoms with Gasteiger partial charge in [-0.3, -0.25) is 9.59 Å². The van der Waals surface area contributed by atoms with Gasteiger partial charge in [-0.25, -0.2) is 0 Å². The molecule has 3 saturated heterocycles. The van der Waals surface area contributed by atoms with Crippen molar-refractivity contribution in [2.24, 2.45) is 11.8 Å². The highest BCUT2D eigenvalue weighted by Gasteiger charge is 2.57. The summed E-state index contributed by atoms with van der Waals surface area (Å²) in [5.74, 6) is 0.937. The molecule has 0 saturated carbocycles. The molecule has 1 spiro atoms. The Morgan fingerprint density at radius 3 is 2.72 bits per heavy atom. The number of thiophene rings is 1. The molecular weight excluding hydrogens is 334 g/mol. The number of rotatable bonds is 3. The first-order valence-electron chi connectivity index (χ1n) is 9.42. The maximum Gasteiger partial charge on any atom is 0.263 e. The zero-order valence-electron chi connectivity index (χ0n) is 15.1. The van der Waals surface area contributed by atoms with Gasteiger partial charge in [0.25, 0.3) is 5.91 Å². The molecule has 4 rings (SSSR count). The van der Waals surface area contributed by atoms with E-state index in [0.717, 1.165) is 56.9 Å². The Bertz CT molecular complexity index is 678. The maximum atomic E-state index is 12.7. The van der Waals surface area contributed by atoms with Crippen molar-refractivity contribution in [2.75, 3.05) is 32.7 Å². The van der Waals surface area contributed by atoms with E-state index in [1.54, 1.807) is 11.3 Å². The molecule has 1 aromatic rings. The second-order valence-electron chi connectivity index (χ2n) is 7.82. The van der Waals surface area contributed by atoms with Crippen LogP contribution in [0.25, 0.3) is 0 Å². The first kappa shape index (κ1) is 17.0. The van der Waals surface area contributed by atoms with Gasteiger partial charge < -0.3 is 15.1 Å². The molecule has 3 aliphatic rings. The van der Waals surface area contributed by atoms with Crippen LogP contribution in [0.5, 0.6) is 0 Å². The largest absolute Gasteiger partial charge is 0.350 e. The van der Waals surface area contributed by atoms with Crippen molar-refractivity contribution in [1.82, 2.24) is 15.1 Å². The van der Waals surface area contributed by atoms with Crippen molar-refractivity contribution in [3.63, 3.8) is 0 Å². The third-order valence-electron chi connectivity index (χ3n) is 6.25. The van der Waals surface area contributed by atoms with Crippen molar-refractivity contribution in [1.29, 1.82) is 0 Å². The van der Waals surface area contributed by atoms with Crippen LogP contribution in [-0.2, 0) is 4.79 Å². The molecule has 2 atom stereocenters. The molecule has 3 fully saturated rings. The molecule has 1 N–H and O–H groups in total. The van der Waals surface area contributed by atoms with Gasteiger partial charge in [0.05, 0.1) is 10.8 Å². The normalized spacial score (nSPS) is 28.4. The first-order valence-corrected chi connectivity index (χ1v) is 10.2. The van der Waals surface area contributed by atoms with E-state index in [-0.39, 0.29) is 23.3 Å². The second-order valence-corrected chi connectivity index (χ2v) is 9.11. The van der Waals surface area contributed by atoms with Gasteiger partial charge in [0, 0.05) is 42.5 Å². The number of amides is 2. The molecule has 4 heterocycles. The number of nitrogens with one attached hydrogen (secondary N) is 1. The van der Waals surface area contributed by atoms with Crippen LogP contribution in [0.15, 0.2) is 12.1 Å². The summed E-state index contributed by atoms with van der Waals surface area (Å²) in [6.45, 7) is 8.72. The van der Waals surface area contributed by atoms with E-state index in [2.05, 4.69) is 17.1 Å². The maximum absolute atomic E-state index is 12.7. The Labute approximate surface area is 153 Å². The molecule has 0 aliphatic carbocycles. The summed E-state index contributed by atoms with van der Waals surface area (Å²) in [4.78, 5) is 31.6. The smallest absolute Gasteiger partial charge is 0.263 e. The molecule has 2 amide bonds. The molecular formula is C19H27N3O2S. The molecule has 0 unspecified atom stereocenters. The molecule has 1 aromatic heterocycles. The molecule has 136 valence electrons. The van der Waals surface area contributed by atoms with Gasteiger partial charge >= 0.3 is 0 Å². The minimum atomic E-state index is -0.0909. The van der Waals surface area contributed by atoms with Crippen LogP contribution in [0.4, 0.5) is 0 Å². The van der Waals surface area contributed by atoms with Gasteiger partial charge in [0.15, 0.2) is 0 Å². The second kappa shape index (κ2) is 6.40. The summed E-state index contributed by atoms with van der Waals surface area (Å²) in [5, 5.41) is 3.34. The SMILES string of the molecule is CCCN1C[C@H]2C(=O)NC3(CCN(C(=O)c4ccc(C)s4)CC3)[C@H]2C1. The summed E-state index contributed by atoms with van der Waals surface area (Å²) in [7, 11) is 0. The Morgan fingerprint density at radius 2 is 2.08 bits per heavy atom. The minimum absolute atomic E-state index is 0.0909. The van der Waals surface area contributed by atoms with Crippen molar-refractivity contribution in [3.05, 3.63) is 21.9 Å². The lowest BCUT2D eigenvalue weighted by atomic mass is 9.75. The quantitative estimate of drug-likeness (QED) is 0.897. The van der Waals surface area contributed by atoms with Crippen LogP contribution in [-0.4, -0.2) is 59.9 Å². The van der Waals surface area contributed by atoms with E-state index < -0.39 is 0 Å². The number of piperidine rings is 1. The summed E-state index contributed by atoms with van der Waals surface area (Å²) in [6, 6.07) is 3.94. The number of hydrogen-bond acceptors (Lipinski definition) is 4. The molecule has 3 aliphatic heterocycles. The Balaban J connectivity index is 1.44. The van der Waals surface area contributed by atoms with E-state index >= 15 is 0 Å². The predicted octanol–water partition coefficient (Wildman–Crippen LogP) is 2.12. The van der Waals surface area contributed by atoms with Crippen LogP contribution < -0.4 is 5.32 Å². The van der Waals surface area contributed by atoms with Crippen LogP contribution in [0.3, 0.4) is 0 Å². The summed E-state index contributed by atoms with van der Waals surface area (Å²) < 4.78 is 0. The lowest BCUT2D eigenvalue weighted by molar-refractivity contribution is -0.123. The predicted molar refractivity (Wildman–Crippen MR) is 98.8 cm³/mol. The number of nitrogens with zero attached hydrogens (tertiary/aromatic N) is 2. The van der Waals surface area contributed by atoms with Gasteiger partial charge in [-0.05, 0) is 44.9 Å². The van der Waals surface area contributed by atoms with Crippen LogP contribution >= 0.6 is 11.3 Å². The van der Waals surface area contributed by atoms with Gasteiger partial charge in [-0.1, -0.05) is 6.92 Å². The van der Waals surface area contributed by atoms with Crippen LogP contribution in [0.1, 0.15) is 40.7 Å². The van der Waals surface area contributed by atoms with E-state index in [1.807, 2.05) is 24.0 Å². The van der Waals surface area contributed by atoms with Crippen molar-refractivity contribution in [3.8, 4) is 0 Å². The zero-order valence-corrected chi connectivity index (χ0v) is 15.9. The fraction of sp³-hybridized carbons (Fsp3) is 0.684. The van der Waals surface area contributed by atoms with E-state index in [0.29, 0.717) is 5.92 Å². The van der Waals surface area contributed by atoms with Gasteiger partial charge in [0.1, 0.15) is 0 Å². The Kier molecular flexibility index (Phi) is 4.36. The van der Waals surface area contributed by atoms with Crippen LogP contribution in [0.2, 0.25) is 0 Å². The lowest BCUT2D eigenvalue weighted by Crippen LogP contribution is -2.56. The summed E-state index contributed by atoms with van der Waals surface area (Å²) >= 11 is 1.57. The minimum Gasteiger partial charge on any atom is -0.350 e. The number of likely N-dealkylation sites (tertiary alicyclic amines) is 2. The Hall–Kier alpha value is -1.40. The van der Waals surface area contributed by atoms with Crippen molar-refractivity contribution in [2.45, 2.75) is 38.6 Å². The highest BCUT2D eigenvalue weighted by atomic mass is 32.1. The number of fused-ring (bicyclic) bond motifs is 2. The lowest BCUT2D eigenvalue weighted by Gasteiger charge is -2.42. The van der Waals surface area contributed by atoms with E-state index in [9.17, 15) is 9.59 Å². The fourth-order valence-electron chi connectivity index (χ4n) is 4.95. The van der Waals surface area contributed by atoms with Gasteiger partial charge in [-0.2, -0.15) is 0 Å². The van der Waals surface area contributed by atoms with Crippen LogP contribution in [0, 0.1) is 18.8 Å². The highest BCUT2D eigenvalue weighted by Crippen LogP contribution is 2.44. The third-order valence-corrected chi connectivity index (χ3v) is 7.24. The van der Waals surface area contributed by atoms with Gasteiger partial charge in [-0.15, -0.1) is 11.3 Å². The zero-order chi connectivity index (χ0) is 17.6. The fourth-order valence-corrected chi connectivity index (χ4v) is 5.79. The third kappa shape index (κ3) is 2.89. The van der Waals surface area contributed by atoms with E-state index in [1.165, 1.54) is 4.88 Å². The molecule has 0 aromatic carbocycles. The van der Waals surface area contributed by atoms with Crippen molar-refractivity contribution >= 4 is 23.2 Å². The van der Waals surface area contributed by atoms with E-state index in [4.69, 9.17) is 0 Å². The highest BCUT2D eigenvalue weighted by molar-refractivity contribution is 7.13. The topological polar surface area (TPSA) is 52.7 Å². The monoisotopic (exact) mass is 361 g/mol. The molecule has 5 nitrogen and oxygen atoms in total. The summed E-state index contributed by atoms with van der Waals surface area (Å²) in [6.07, 6.45) is 2.91. The molecule has 25 heavy (non-hydrogen) atoms. The molecule has 0 bridgehead atoms. The average Bonchev–Trinajstić information content (AvgIpc) is 3.27. The number of aryl methyl sites for hydroxylation is 1. The number of hydrogen-bond donors (Lipinski definition) is 1. The average molecular weight is 362 g/mol. The first-order chi connectivity index (χ1) is 12.0. The Morgan fingerprint density at radius 1 is 1.32 bits per heavy atom. The molecule has 6 heteroatoms. The molecule has 0 radical (unpaired) electrons. The number of carbonyl (C=O) groups excluding carboxylic acids is 2. The van der Waals surface area contributed by atoms with Crippen molar-refractivity contribution < 1.29 is 9.59 Å². The standard InChI is InChI=1S/C19H27N3O2S/c1-3-8-21-11-14-15(12-21)19(20-17(14)23)6-9-22(10-7-19)18(24)16-5-4-13(2)25-16/h4-5,14-15H,3,6-12H2,1-2H3,(H,20,23)/t14-,15+/m1/s1. The number of carbonyl (C=O) groups is 2.